The SMILES string of the molecule is Cn1ncc(-c2ccccc2OC2CCOCC2)c1N. The maximum Gasteiger partial charge on any atom is 0.129 e. The van der Waals surface area contributed by atoms with Crippen LogP contribution in [-0.2, 0) is 11.8 Å². The van der Waals surface area contributed by atoms with E-state index in [1.54, 1.807) is 10.9 Å². The minimum atomic E-state index is 0.211. The van der Waals surface area contributed by atoms with E-state index in [9.17, 15) is 0 Å². The molecule has 5 heteroatoms. The van der Waals surface area contributed by atoms with E-state index in [1.165, 1.54) is 0 Å². The molecule has 5 nitrogen and oxygen atoms in total. The highest BCUT2D eigenvalue weighted by Crippen LogP contribution is 2.34. The van der Waals surface area contributed by atoms with Gasteiger partial charge in [0.05, 0.1) is 19.4 Å². The fourth-order valence-electron chi connectivity index (χ4n) is 2.42. The molecule has 0 saturated carbocycles. The van der Waals surface area contributed by atoms with Gasteiger partial charge in [0.15, 0.2) is 0 Å². The van der Waals surface area contributed by atoms with Crippen LogP contribution in [-0.4, -0.2) is 29.1 Å². The number of hydrogen-bond acceptors (Lipinski definition) is 4. The van der Waals surface area contributed by atoms with Crippen LogP contribution in [0.1, 0.15) is 12.8 Å². The van der Waals surface area contributed by atoms with Gasteiger partial charge in [-0.2, -0.15) is 5.10 Å². The van der Waals surface area contributed by atoms with Crippen LogP contribution < -0.4 is 10.5 Å². The lowest BCUT2D eigenvalue weighted by molar-refractivity contribution is 0.0258. The van der Waals surface area contributed by atoms with Crippen LogP contribution in [0.5, 0.6) is 5.75 Å². The van der Waals surface area contributed by atoms with Gasteiger partial charge in [0.1, 0.15) is 17.7 Å². The minimum Gasteiger partial charge on any atom is -0.490 e. The first kappa shape index (κ1) is 13.0. The van der Waals surface area contributed by atoms with Gasteiger partial charge in [-0.05, 0) is 6.07 Å². The number of nitrogens with zero attached hydrogens (tertiary/aromatic N) is 2. The van der Waals surface area contributed by atoms with E-state index < -0.39 is 0 Å². The smallest absolute Gasteiger partial charge is 0.129 e. The van der Waals surface area contributed by atoms with Crippen molar-refractivity contribution >= 4 is 5.82 Å². The number of para-hydroxylation sites is 1. The summed E-state index contributed by atoms with van der Waals surface area (Å²) in [7, 11) is 1.83. The molecule has 0 unspecified atom stereocenters. The standard InChI is InChI=1S/C15H19N3O2/c1-18-15(16)13(10-17-18)12-4-2-3-5-14(12)20-11-6-8-19-9-7-11/h2-5,10-11H,6-9,16H2,1H3. The zero-order valence-corrected chi connectivity index (χ0v) is 11.6. The van der Waals surface area contributed by atoms with Gasteiger partial charge in [0.25, 0.3) is 0 Å². The van der Waals surface area contributed by atoms with Crippen LogP contribution in [0.15, 0.2) is 30.5 Å². The van der Waals surface area contributed by atoms with E-state index in [0.29, 0.717) is 5.82 Å². The van der Waals surface area contributed by atoms with E-state index >= 15 is 0 Å². The Labute approximate surface area is 118 Å². The van der Waals surface area contributed by atoms with E-state index in [2.05, 4.69) is 5.10 Å². The van der Waals surface area contributed by atoms with Crippen molar-refractivity contribution in [2.24, 2.45) is 7.05 Å². The van der Waals surface area contributed by atoms with Gasteiger partial charge in [-0.3, -0.25) is 4.68 Å². The predicted molar refractivity (Wildman–Crippen MR) is 77.5 cm³/mol. The van der Waals surface area contributed by atoms with Crippen LogP contribution in [0.2, 0.25) is 0 Å². The molecule has 1 aliphatic heterocycles. The molecule has 1 aliphatic rings. The van der Waals surface area contributed by atoms with Crippen molar-refractivity contribution in [2.45, 2.75) is 18.9 Å². The van der Waals surface area contributed by atoms with Crippen LogP contribution in [0.3, 0.4) is 0 Å². The molecule has 0 atom stereocenters. The van der Waals surface area contributed by atoms with Crippen molar-refractivity contribution in [1.29, 1.82) is 0 Å². The number of nitrogens with two attached hydrogens (primary N) is 1. The Morgan fingerprint density at radius 2 is 2.00 bits per heavy atom. The van der Waals surface area contributed by atoms with Crippen LogP contribution >= 0.6 is 0 Å². The Hall–Kier alpha value is -2.01. The highest BCUT2D eigenvalue weighted by atomic mass is 16.5. The molecular formula is C15H19N3O2. The van der Waals surface area contributed by atoms with Gasteiger partial charge < -0.3 is 15.2 Å². The highest BCUT2D eigenvalue weighted by Gasteiger charge is 2.18. The topological polar surface area (TPSA) is 62.3 Å². The summed E-state index contributed by atoms with van der Waals surface area (Å²) in [6.45, 7) is 1.53. The Morgan fingerprint density at radius 3 is 2.70 bits per heavy atom. The fraction of sp³-hybridized carbons (Fsp3) is 0.400. The third-order valence-electron chi connectivity index (χ3n) is 3.62. The zero-order valence-electron chi connectivity index (χ0n) is 11.6. The molecule has 0 bridgehead atoms. The van der Waals surface area contributed by atoms with Crippen molar-refractivity contribution in [1.82, 2.24) is 9.78 Å². The lowest BCUT2D eigenvalue weighted by atomic mass is 10.1. The molecule has 2 heterocycles. The maximum atomic E-state index is 6.13. The maximum absolute atomic E-state index is 6.13. The number of ether oxygens (including phenoxy) is 2. The molecule has 0 radical (unpaired) electrons. The monoisotopic (exact) mass is 273 g/mol. The van der Waals surface area contributed by atoms with E-state index in [1.807, 2.05) is 31.3 Å². The van der Waals surface area contributed by atoms with Crippen LogP contribution in [0.4, 0.5) is 5.82 Å². The molecule has 1 saturated heterocycles. The summed E-state index contributed by atoms with van der Waals surface area (Å²) >= 11 is 0. The van der Waals surface area contributed by atoms with E-state index in [4.69, 9.17) is 15.2 Å². The number of rotatable bonds is 3. The van der Waals surface area contributed by atoms with Crippen molar-refractivity contribution in [3.8, 4) is 16.9 Å². The number of aromatic nitrogens is 2. The molecule has 20 heavy (non-hydrogen) atoms. The summed E-state index contributed by atoms with van der Waals surface area (Å²) in [6.07, 6.45) is 3.85. The zero-order chi connectivity index (χ0) is 13.9. The molecule has 1 aromatic heterocycles. The molecule has 106 valence electrons. The third-order valence-corrected chi connectivity index (χ3v) is 3.62. The Kier molecular flexibility index (Phi) is 3.60. The number of benzene rings is 1. The minimum absolute atomic E-state index is 0.211. The van der Waals surface area contributed by atoms with Crippen molar-refractivity contribution in [3.05, 3.63) is 30.5 Å². The summed E-state index contributed by atoms with van der Waals surface area (Å²) in [5.41, 5.74) is 7.96. The van der Waals surface area contributed by atoms with E-state index in [0.717, 1.165) is 42.9 Å². The Bertz CT molecular complexity index is 589. The highest BCUT2D eigenvalue weighted by molar-refractivity contribution is 5.78. The second-order valence-corrected chi connectivity index (χ2v) is 4.99. The van der Waals surface area contributed by atoms with E-state index in [-0.39, 0.29) is 6.10 Å². The average molecular weight is 273 g/mol. The van der Waals surface area contributed by atoms with Crippen LogP contribution in [0.25, 0.3) is 11.1 Å². The van der Waals surface area contributed by atoms with Gasteiger partial charge in [-0.25, -0.2) is 0 Å². The lowest BCUT2D eigenvalue weighted by Gasteiger charge is -2.24. The van der Waals surface area contributed by atoms with Gasteiger partial charge in [0.2, 0.25) is 0 Å². The summed E-state index contributed by atoms with van der Waals surface area (Å²) < 4.78 is 13.2. The molecule has 0 aliphatic carbocycles. The van der Waals surface area contributed by atoms with Crippen LogP contribution in [0, 0.1) is 0 Å². The number of nitrogen functional groups attached to an aromatic ring is 1. The van der Waals surface area contributed by atoms with Crippen molar-refractivity contribution in [3.63, 3.8) is 0 Å². The molecule has 1 fully saturated rings. The Morgan fingerprint density at radius 1 is 1.25 bits per heavy atom. The van der Waals surface area contributed by atoms with Crippen molar-refractivity contribution in [2.75, 3.05) is 18.9 Å². The molecule has 2 N–H and O–H groups in total. The molecule has 0 spiro atoms. The third kappa shape index (κ3) is 2.49. The molecule has 3 rings (SSSR count). The second kappa shape index (κ2) is 5.54. The average Bonchev–Trinajstić information content (AvgIpc) is 2.81. The molecule has 0 amide bonds. The van der Waals surface area contributed by atoms with Crippen molar-refractivity contribution < 1.29 is 9.47 Å². The first-order chi connectivity index (χ1) is 9.75. The summed E-state index contributed by atoms with van der Waals surface area (Å²) in [6, 6.07) is 7.96. The van der Waals surface area contributed by atoms with Gasteiger partial charge in [-0.15, -0.1) is 0 Å². The summed E-state index contributed by atoms with van der Waals surface area (Å²) in [4.78, 5) is 0. The summed E-state index contributed by atoms with van der Waals surface area (Å²) in [5.74, 6) is 1.51. The van der Waals surface area contributed by atoms with Gasteiger partial charge in [0, 0.05) is 31.0 Å². The lowest BCUT2D eigenvalue weighted by Crippen LogP contribution is -2.26. The first-order valence-electron chi connectivity index (χ1n) is 6.87. The largest absolute Gasteiger partial charge is 0.490 e. The van der Waals surface area contributed by atoms with Gasteiger partial charge in [-0.1, -0.05) is 18.2 Å². The second-order valence-electron chi connectivity index (χ2n) is 4.99. The van der Waals surface area contributed by atoms with Gasteiger partial charge >= 0.3 is 0 Å². The predicted octanol–water partition coefficient (Wildman–Crippen LogP) is 2.23. The summed E-state index contributed by atoms with van der Waals surface area (Å²) in [5, 5.41) is 4.20. The molecule has 2 aromatic rings. The quantitative estimate of drug-likeness (QED) is 0.931. The number of anilines is 1. The number of hydrogen-bond donors (Lipinski definition) is 1. The number of aryl methyl sites for hydroxylation is 1. The Balaban J connectivity index is 1.90. The molecule has 1 aromatic carbocycles. The first-order valence-corrected chi connectivity index (χ1v) is 6.87. The normalized spacial score (nSPS) is 16.2. The molecular weight excluding hydrogens is 254 g/mol. The fourth-order valence-corrected chi connectivity index (χ4v) is 2.42.